The number of furan rings is 1. The molecule has 4 heterocycles. The molecule has 0 saturated carbocycles. The fourth-order valence-corrected chi connectivity index (χ4v) is 9.16. The maximum atomic E-state index is 6.11. The minimum atomic E-state index is -1.34. The molecule has 1 radical (unpaired) electrons. The molecule has 0 bridgehead atoms. The average Bonchev–Trinajstić information content (AvgIpc) is 3.69. The van der Waals surface area contributed by atoms with Gasteiger partial charge in [-0.1, -0.05) is 92.6 Å². The molecule has 0 spiro atoms. The van der Waals surface area contributed by atoms with Gasteiger partial charge in [-0.2, -0.15) is 0 Å². The van der Waals surface area contributed by atoms with E-state index in [9.17, 15) is 0 Å². The summed E-state index contributed by atoms with van der Waals surface area (Å²) in [4.78, 5) is 14.3. The Kier molecular flexibility index (Phi) is 11.3. The van der Waals surface area contributed by atoms with Crippen LogP contribution in [0.25, 0.3) is 61.4 Å². The molecule has 5 nitrogen and oxygen atoms in total. The standard InChI is InChI=1S/C29H24N3O.C18H24NSi.Ir/c1-16-12-19(4)26(20(5)13-16)32-24-9-7-6-8-23(24)31-28(32)21-14-22-25-17(2)10-11-18(3)27(25)33-29(22)30-15-21;1-14(2)11-16-12-17(15-9-7-6-8-10-15)19-13-18(16)20(3,4)5;/h6-14H,1-5H3;6-9,12-14H,11H2,1-5H3;/q2*-1;. The van der Waals surface area contributed by atoms with Crippen LogP contribution in [-0.2, 0) is 26.5 Å². The first-order chi connectivity index (χ1) is 25.3. The van der Waals surface area contributed by atoms with Gasteiger partial charge in [0.15, 0.2) is 0 Å². The predicted octanol–water partition coefficient (Wildman–Crippen LogP) is 11.6. The molecule has 0 aliphatic rings. The van der Waals surface area contributed by atoms with Crippen molar-refractivity contribution in [1.82, 2.24) is 19.5 Å². The summed E-state index contributed by atoms with van der Waals surface area (Å²) in [5.74, 6) is 1.50. The van der Waals surface area contributed by atoms with E-state index in [1.165, 1.54) is 33.0 Å². The number of para-hydroxylation sites is 2. The van der Waals surface area contributed by atoms with Crippen LogP contribution in [0.4, 0.5) is 0 Å². The second kappa shape index (κ2) is 15.6. The first-order valence-corrected chi connectivity index (χ1v) is 22.0. The molecule has 277 valence electrons. The number of aryl methyl sites for hydroxylation is 5. The summed E-state index contributed by atoms with van der Waals surface area (Å²) in [5, 5.41) is 3.60. The van der Waals surface area contributed by atoms with Crippen molar-refractivity contribution in [1.29, 1.82) is 0 Å². The third-order valence-electron chi connectivity index (χ3n) is 9.90. The molecule has 0 saturated heterocycles. The van der Waals surface area contributed by atoms with Gasteiger partial charge < -0.3 is 19.0 Å². The molecule has 0 unspecified atom stereocenters. The van der Waals surface area contributed by atoms with E-state index < -0.39 is 8.07 Å². The molecule has 0 atom stereocenters. The number of pyridine rings is 2. The van der Waals surface area contributed by atoms with Gasteiger partial charge in [-0.3, -0.25) is 4.98 Å². The topological polar surface area (TPSA) is 56.7 Å². The molecule has 0 fully saturated rings. The van der Waals surface area contributed by atoms with E-state index in [4.69, 9.17) is 9.40 Å². The van der Waals surface area contributed by atoms with Crippen molar-refractivity contribution in [2.45, 2.75) is 74.5 Å². The average molecular weight is 905 g/mol. The summed E-state index contributed by atoms with van der Waals surface area (Å²) >= 11 is 0. The Hall–Kier alpha value is -4.68. The van der Waals surface area contributed by atoms with Crippen molar-refractivity contribution in [3.8, 4) is 28.3 Å². The molecule has 7 heteroatoms. The summed E-state index contributed by atoms with van der Waals surface area (Å²) in [6.45, 7) is 22.4. The zero-order chi connectivity index (χ0) is 37.6. The number of rotatable bonds is 6. The van der Waals surface area contributed by atoms with E-state index >= 15 is 0 Å². The summed E-state index contributed by atoms with van der Waals surface area (Å²) in [6, 6.07) is 32.7. The third kappa shape index (κ3) is 7.63. The van der Waals surface area contributed by atoms with Gasteiger partial charge >= 0.3 is 0 Å². The van der Waals surface area contributed by atoms with Crippen LogP contribution in [0.3, 0.4) is 0 Å². The molecule has 4 aromatic carbocycles. The van der Waals surface area contributed by atoms with Crippen molar-refractivity contribution >= 4 is 46.4 Å². The largest absolute Gasteiger partial charge is 0.482 e. The number of nitrogens with zero attached hydrogens (tertiary/aromatic N) is 4. The van der Waals surface area contributed by atoms with E-state index in [-0.39, 0.29) is 20.1 Å². The van der Waals surface area contributed by atoms with E-state index in [0.717, 1.165) is 67.7 Å². The fraction of sp³-hybridized carbons (Fsp3) is 0.255. The van der Waals surface area contributed by atoms with Gasteiger partial charge in [0.05, 0.1) is 24.9 Å². The molecule has 0 aliphatic heterocycles. The van der Waals surface area contributed by atoms with Crippen LogP contribution in [0, 0.1) is 52.8 Å². The molecule has 54 heavy (non-hydrogen) atoms. The number of hydrogen-bond donors (Lipinski definition) is 0. The minimum absolute atomic E-state index is 0. The molecule has 8 aromatic rings. The zero-order valence-corrected chi connectivity index (χ0v) is 36.4. The number of imidazole rings is 1. The summed E-state index contributed by atoms with van der Waals surface area (Å²) in [5.41, 5.74) is 15.1. The minimum Gasteiger partial charge on any atom is -0.482 e. The summed E-state index contributed by atoms with van der Waals surface area (Å²) in [7, 11) is -1.34. The molecule has 8 rings (SSSR count). The fourth-order valence-electron chi connectivity index (χ4n) is 7.57. The molecule has 4 aromatic heterocycles. The normalized spacial score (nSPS) is 11.6. The first kappa shape index (κ1) is 39.0. The SMILES string of the molecule is CC(C)Cc1cc(-c2[c-]cccc2)ncc1[Si](C)(C)C.Cc1cc(C)c(-n2c(-c3[c-]nc4oc5c(C)ccc(C)c5c4c3)nc3ccccc32)c(C)c1.[Ir]. The van der Waals surface area contributed by atoms with Gasteiger partial charge in [0.2, 0.25) is 0 Å². The van der Waals surface area contributed by atoms with Crippen LogP contribution in [-0.4, -0.2) is 27.6 Å². The number of benzene rings is 4. The monoisotopic (exact) mass is 905 g/mol. The maximum absolute atomic E-state index is 6.11. The Balaban J connectivity index is 0.000000205. The van der Waals surface area contributed by atoms with Crippen molar-refractivity contribution in [3.63, 3.8) is 0 Å². The summed E-state index contributed by atoms with van der Waals surface area (Å²) in [6.07, 6.45) is 6.46. The van der Waals surface area contributed by atoms with Gasteiger partial charge in [0, 0.05) is 37.4 Å². The Labute approximate surface area is 334 Å². The second-order valence-corrected chi connectivity index (χ2v) is 20.9. The molecule has 0 amide bonds. The van der Waals surface area contributed by atoms with Crippen LogP contribution in [0.15, 0.2) is 95.5 Å². The van der Waals surface area contributed by atoms with Crippen molar-refractivity contribution in [2.75, 3.05) is 0 Å². The van der Waals surface area contributed by atoms with Crippen LogP contribution >= 0.6 is 0 Å². The smallest absolute Gasteiger partial charge is 0.141 e. The van der Waals surface area contributed by atoms with Crippen LogP contribution in [0.5, 0.6) is 0 Å². The quantitative estimate of drug-likeness (QED) is 0.123. The Morgan fingerprint density at radius 1 is 0.796 bits per heavy atom. The molecule has 0 aliphatic carbocycles. The molecular weight excluding hydrogens is 857 g/mol. The molecular formula is C47H48IrN4OSi-2. The third-order valence-corrected chi connectivity index (χ3v) is 12.0. The number of fused-ring (bicyclic) bond motifs is 4. The van der Waals surface area contributed by atoms with Crippen molar-refractivity contribution in [3.05, 3.63) is 137 Å². The van der Waals surface area contributed by atoms with Gasteiger partial charge in [-0.15, -0.1) is 42.0 Å². The first-order valence-electron chi connectivity index (χ1n) is 18.5. The maximum Gasteiger partial charge on any atom is 0.141 e. The van der Waals surface area contributed by atoms with Gasteiger partial charge in [0.25, 0.3) is 0 Å². The Morgan fingerprint density at radius 2 is 1.50 bits per heavy atom. The van der Waals surface area contributed by atoms with Crippen molar-refractivity contribution in [2.24, 2.45) is 5.92 Å². The molecule has 0 N–H and O–H groups in total. The second-order valence-electron chi connectivity index (χ2n) is 15.9. The van der Waals surface area contributed by atoms with Crippen LogP contribution < -0.4 is 5.19 Å². The predicted molar refractivity (Wildman–Crippen MR) is 224 cm³/mol. The Bertz CT molecular complexity index is 2590. The van der Waals surface area contributed by atoms with Gasteiger partial charge in [-0.25, -0.2) is 0 Å². The number of aromatic nitrogens is 4. The van der Waals surface area contributed by atoms with E-state index in [0.29, 0.717) is 11.6 Å². The number of hydrogen-bond acceptors (Lipinski definition) is 4. The van der Waals surface area contributed by atoms with Crippen LogP contribution in [0.1, 0.15) is 47.2 Å². The van der Waals surface area contributed by atoms with Crippen molar-refractivity contribution < 1.29 is 24.5 Å². The Morgan fingerprint density at radius 3 is 2.19 bits per heavy atom. The van der Waals surface area contributed by atoms with E-state index in [2.05, 4.69) is 162 Å². The zero-order valence-electron chi connectivity index (χ0n) is 33.0. The van der Waals surface area contributed by atoms with Gasteiger partial charge in [-0.05, 0) is 104 Å². The van der Waals surface area contributed by atoms with E-state index in [1.54, 1.807) is 0 Å². The van der Waals surface area contributed by atoms with Crippen LogP contribution in [0.2, 0.25) is 19.6 Å². The van der Waals surface area contributed by atoms with Gasteiger partial charge in [0.1, 0.15) is 11.3 Å². The van der Waals surface area contributed by atoms with E-state index in [1.807, 2.05) is 24.3 Å². The summed E-state index contributed by atoms with van der Waals surface area (Å²) < 4.78 is 8.36.